The molecule has 0 aliphatic carbocycles. The van der Waals surface area contributed by atoms with E-state index in [0.29, 0.717) is 6.54 Å². The molecule has 0 aliphatic rings. The van der Waals surface area contributed by atoms with Crippen molar-refractivity contribution in [2.24, 2.45) is 0 Å². The second-order valence-corrected chi connectivity index (χ2v) is 6.65. The number of nitrogens with zero attached hydrogens (tertiary/aromatic N) is 1. The molecule has 0 fully saturated rings. The predicted octanol–water partition coefficient (Wildman–Crippen LogP) is 3.43. The first kappa shape index (κ1) is 19.5. The summed E-state index contributed by atoms with van der Waals surface area (Å²) in [5, 5.41) is 5.75. The lowest BCUT2D eigenvalue weighted by Gasteiger charge is -2.19. The van der Waals surface area contributed by atoms with Crippen LogP contribution in [0, 0.1) is 20.8 Å². The maximum absolute atomic E-state index is 12.3. The largest absolute Gasteiger partial charge is 0.338 e. The van der Waals surface area contributed by atoms with Gasteiger partial charge in [-0.2, -0.15) is 0 Å². The van der Waals surface area contributed by atoms with E-state index in [1.54, 1.807) is 7.05 Å². The van der Waals surface area contributed by atoms with Gasteiger partial charge in [0.15, 0.2) is 0 Å². The van der Waals surface area contributed by atoms with Crippen molar-refractivity contribution >= 4 is 17.6 Å². The second-order valence-electron chi connectivity index (χ2n) is 6.65. The van der Waals surface area contributed by atoms with Crippen molar-refractivity contribution in [1.82, 2.24) is 10.2 Å². The summed E-state index contributed by atoms with van der Waals surface area (Å²) in [4.78, 5) is 25.8. The summed E-state index contributed by atoms with van der Waals surface area (Å²) in [5.74, 6) is -0.208. The van der Waals surface area contributed by atoms with E-state index in [1.807, 2.05) is 63.2 Å². The summed E-state index contributed by atoms with van der Waals surface area (Å²) in [6, 6.07) is 13.8. The first-order valence-corrected chi connectivity index (χ1v) is 8.77. The van der Waals surface area contributed by atoms with Gasteiger partial charge in [-0.25, -0.2) is 4.79 Å². The zero-order chi connectivity index (χ0) is 19.1. The quantitative estimate of drug-likeness (QED) is 0.836. The van der Waals surface area contributed by atoms with Crippen LogP contribution in [-0.2, 0) is 11.2 Å². The maximum Gasteiger partial charge on any atom is 0.317 e. The molecule has 2 aromatic carbocycles. The molecule has 3 amide bonds. The van der Waals surface area contributed by atoms with Gasteiger partial charge in [-0.3, -0.25) is 4.79 Å². The van der Waals surface area contributed by atoms with Gasteiger partial charge in [0.25, 0.3) is 0 Å². The highest BCUT2D eigenvalue weighted by atomic mass is 16.2. The van der Waals surface area contributed by atoms with E-state index in [1.165, 1.54) is 10.5 Å². The molecule has 0 heterocycles. The van der Waals surface area contributed by atoms with Crippen molar-refractivity contribution in [2.45, 2.75) is 27.2 Å². The van der Waals surface area contributed by atoms with Gasteiger partial charge in [0.05, 0.1) is 0 Å². The molecule has 26 heavy (non-hydrogen) atoms. The van der Waals surface area contributed by atoms with Crippen LogP contribution in [0.2, 0.25) is 0 Å². The van der Waals surface area contributed by atoms with E-state index < -0.39 is 0 Å². The topological polar surface area (TPSA) is 61.4 Å². The van der Waals surface area contributed by atoms with Crippen LogP contribution in [0.4, 0.5) is 10.5 Å². The molecule has 5 nitrogen and oxygen atoms in total. The van der Waals surface area contributed by atoms with E-state index in [9.17, 15) is 9.59 Å². The van der Waals surface area contributed by atoms with E-state index in [-0.39, 0.29) is 18.5 Å². The van der Waals surface area contributed by atoms with Crippen LogP contribution in [0.5, 0.6) is 0 Å². The minimum Gasteiger partial charge on any atom is -0.338 e. The molecule has 2 N–H and O–H groups in total. The molecule has 0 bridgehead atoms. The van der Waals surface area contributed by atoms with Crippen LogP contribution in [0.1, 0.15) is 22.3 Å². The lowest BCUT2D eigenvalue weighted by molar-refractivity contribution is -0.116. The number of amides is 3. The lowest BCUT2D eigenvalue weighted by Crippen LogP contribution is -2.42. The van der Waals surface area contributed by atoms with Gasteiger partial charge in [-0.05, 0) is 43.9 Å². The molecule has 0 saturated carbocycles. The van der Waals surface area contributed by atoms with Gasteiger partial charge in [-0.15, -0.1) is 0 Å². The SMILES string of the molecule is Cc1cc(C)c(NC(=O)CN(C)C(=O)NCCc2ccccc2)c(C)c1. The van der Waals surface area contributed by atoms with E-state index in [0.717, 1.165) is 28.8 Å². The number of carbonyl (C=O) groups is 2. The van der Waals surface area contributed by atoms with Crippen molar-refractivity contribution in [2.75, 3.05) is 25.5 Å². The lowest BCUT2D eigenvalue weighted by atomic mass is 10.1. The molecule has 2 rings (SSSR count). The molecule has 0 aromatic heterocycles. The maximum atomic E-state index is 12.3. The molecular weight excluding hydrogens is 326 g/mol. The average Bonchev–Trinajstić information content (AvgIpc) is 2.59. The van der Waals surface area contributed by atoms with Crippen LogP contribution < -0.4 is 10.6 Å². The summed E-state index contributed by atoms with van der Waals surface area (Å²) in [6.07, 6.45) is 0.758. The Balaban J connectivity index is 1.82. The fraction of sp³-hybridized carbons (Fsp3) is 0.333. The van der Waals surface area contributed by atoms with Crippen molar-refractivity contribution < 1.29 is 9.59 Å². The third-order valence-corrected chi connectivity index (χ3v) is 4.20. The molecule has 0 unspecified atom stereocenters. The van der Waals surface area contributed by atoms with Crippen molar-refractivity contribution in [1.29, 1.82) is 0 Å². The number of benzene rings is 2. The standard InChI is InChI=1S/C21H27N3O2/c1-15-12-16(2)20(17(3)13-15)23-19(25)14-24(4)21(26)22-11-10-18-8-6-5-7-9-18/h5-9,12-13H,10-11,14H2,1-4H3,(H,22,26)(H,23,25). The predicted molar refractivity (Wildman–Crippen MR) is 105 cm³/mol. The highest BCUT2D eigenvalue weighted by Gasteiger charge is 2.14. The van der Waals surface area contributed by atoms with E-state index in [2.05, 4.69) is 10.6 Å². The third-order valence-electron chi connectivity index (χ3n) is 4.20. The fourth-order valence-corrected chi connectivity index (χ4v) is 2.94. The Bertz CT molecular complexity index is 749. The molecule has 0 spiro atoms. The fourth-order valence-electron chi connectivity index (χ4n) is 2.94. The molecule has 0 radical (unpaired) electrons. The van der Waals surface area contributed by atoms with Crippen LogP contribution in [0.15, 0.2) is 42.5 Å². The Morgan fingerprint density at radius 3 is 2.23 bits per heavy atom. The van der Waals surface area contributed by atoms with Gasteiger partial charge >= 0.3 is 6.03 Å². The van der Waals surface area contributed by atoms with E-state index in [4.69, 9.17) is 0 Å². The van der Waals surface area contributed by atoms with Crippen LogP contribution >= 0.6 is 0 Å². The van der Waals surface area contributed by atoms with E-state index >= 15 is 0 Å². The Morgan fingerprint density at radius 1 is 1.00 bits per heavy atom. The molecule has 0 atom stereocenters. The minimum atomic E-state index is -0.256. The molecular formula is C21H27N3O2. The van der Waals surface area contributed by atoms with Crippen LogP contribution in [0.3, 0.4) is 0 Å². The summed E-state index contributed by atoms with van der Waals surface area (Å²) in [6.45, 7) is 6.50. The van der Waals surface area contributed by atoms with Gasteiger partial charge in [0, 0.05) is 19.3 Å². The normalized spacial score (nSPS) is 10.3. The number of aryl methyl sites for hydroxylation is 3. The molecule has 138 valence electrons. The average molecular weight is 353 g/mol. The number of hydrogen-bond donors (Lipinski definition) is 2. The smallest absolute Gasteiger partial charge is 0.317 e. The Kier molecular flexibility index (Phi) is 6.78. The van der Waals surface area contributed by atoms with Crippen LogP contribution in [0.25, 0.3) is 0 Å². The van der Waals surface area contributed by atoms with Gasteiger partial charge in [0.1, 0.15) is 6.54 Å². The number of hydrogen-bond acceptors (Lipinski definition) is 2. The van der Waals surface area contributed by atoms with Crippen LogP contribution in [-0.4, -0.2) is 37.0 Å². The number of anilines is 1. The first-order valence-electron chi connectivity index (χ1n) is 8.77. The summed E-state index contributed by atoms with van der Waals surface area (Å²) < 4.78 is 0. The number of nitrogens with one attached hydrogen (secondary N) is 2. The molecule has 5 heteroatoms. The number of likely N-dealkylation sites (N-methyl/N-ethyl adjacent to an activating group) is 1. The monoisotopic (exact) mass is 353 g/mol. The third kappa shape index (κ3) is 5.62. The molecule has 0 aliphatic heterocycles. The Labute approximate surface area is 155 Å². The van der Waals surface area contributed by atoms with Crippen molar-refractivity contribution in [3.8, 4) is 0 Å². The molecule has 2 aromatic rings. The highest BCUT2D eigenvalue weighted by molar-refractivity contribution is 5.95. The number of carbonyl (C=O) groups excluding carboxylic acids is 2. The van der Waals surface area contributed by atoms with Gasteiger partial charge in [-0.1, -0.05) is 48.0 Å². The molecule has 0 saturated heterocycles. The Morgan fingerprint density at radius 2 is 1.62 bits per heavy atom. The van der Waals surface area contributed by atoms with Gasteiger partial charge < -0.3 is 15.5 Å². The first-order chi connectivity index (χ1) is 12.4. The summed E-state index contributed by atoms with van der Waals surface area (Å²) >= 11 is 0. The number of urea groups is 1. The second kappa shape index (κ2) is 9.04. The Hall–Kier alpha value is -2.82. The highest BCUT2D eigenvalue weighted by Crippen LogP contribution is 2.21. The van der Waals surface area contributed by atoms with Gasteiger partial charge in [0.2, 0.25) is 5.91 Å². The zero-order valence-corrected chi connectivity index (χ0v) is 15.9. The number of rotatable bonds is 6. The zero-order valence-electron chi connectivity index (χ0n) is 15.9. The minimum absolute atomic E-state index is 0.00390. The summed E-state index contributed by atoms with van der Waals surface area (Å²) in [5.41, 5.74) is 5.18. The summed E-state index contributed by atoms with van der Waals surface area (Å²) in [7, 11) is 1.62. The van der Waals surface area contributed by atoms with Crippen molar-refractivity contribution in [3.05, 3.63) is 64.7 Å². The van der Waals surface area contributed by atoms with Crippen molar-refractivity contribution in [3.63, 3.8) is 0 Å².